The van der Waals surface area contributed by atoms with Crippen LogP contribution < -0.4 is 9.47 Å². The van der Waals surface area contributed by atoms with Crippen LogP contribution in [0, 0.1) is 5.92 Å². The number of benzene rings is 2. The molecule has 0 radical (unpaired) electrons. The number of rotatable bonds is 7. The molecule has 0 saturated carbocycles. The smallest absolute Gasteiger partial charge is 0.306 e. The second-order valence-corrected chi connectivity index (χ2v) is 8.49. The van der Waals surface area contributed by atoms with Crippen molar-refractivity contribution in [3.63, 3.8) is 0 Å². The van der Waals surface area contributed by atoms with Gasteiger partial charge in [0.15, 0.2) is 11.5 Å². The molecule has 0 bridgehead atoms. The quantitative estimate of drug-likeness (QED) is 0.564. The Bertz CT molecular complexity index is 1020. The molecule has 1 aliphatic rings. The lowest BCUT2D eigenvalue weighted by Gasteiger charge is -2.37. The van der Waals surface area contributed by atoms with Crippen molar-refractivity contribution in [2.24, 2.45) is 5.92 Å². The number of carbonyl (C=O) groups is 1. The zero-order valence-corrected chi connectivity index (χ0v) is 18.2. The highest BCUT2D eigenvalue weighted by atomic mass is 32.1. The maximum absolute atomic E-state index is 11.4. The zero-order valence-electron chi connectivity index (χ0n) is 17.3. The number of aliphatic carboxylic acids is 1. The molecule has 2 aromatic carbocycles. The van der Waals surface area contributed by atoms with Crippen LogP contribution in [0.15, 0.2) is 47.8 Å². The van der Waals surface area contributed by atoms with Crippen LogP contribution in [0.3, 0.4) is 0 Å². The highest BCUT2D eigenvalue weighted by Gasteiger charge is 2.31. The number of nitrogens with zero attached hydrogens (tertiary/aromatic N) is 1. The number of likely N-dealkylation sites (tertiary alicyclic amines) is 1. The van der Waals surface area contributed by atoms with E-state index in [4.69, 9.17) is 9.47 Å². The summed E-state index contributed by atoms with van der Waals surface area (Å²) in [6, 6.07) is 14.6. The van der Waals surface area contributed by atoms with Crippen LogP contribution in [0.25, 0.3) is 10.1 Å². The average molecular weight is 426 g/mol. The Morgan fingerprint density at radius 2 is 1.97 bits per heavy atom. The highest BCUT2D eigenvalue weighted by molar-refractivity contribution is 7.17. The SMILES string of the molecule is CCOc1ccc(C(c2csc3ccccc23)N2CCC(C(=O)O)CC2)cc1OC. The Morgan fingerprint density at radius 1 is 1.20 bits per heavy atom. The van der Waals surface area contributed by atoms with Crippen molar-refractivity contribution in [2.75, 3.05) is 26.8 Å². The number of thiophene rings is 1. The molecule has 1 atom stereocenters. The van der Waals surface area contributed by atoms with Crippen LogP contribution in [-0.2, 0) is 4.79 Å². The molecule has 1 fully saturated rings. The molecule has 5 nitrogen and oxygen atoms in total. The van der Waals surface area contributed by atoms with E-state index < -0.39 is 5.97 Å². The van der Waals surface area contributed by atoms with Gasteiger partial charge in [-0.25, -0.2) is 0 Å². The Balaban J connectivity index is 1.76. The molecule has 4 rings (SSSR count). The molecule has 1 N–H and O–H groups in total. The van der Waals surface area contributed by atoms with E-state index in [1.54, 1.807) is 18.4 Å². The van der Waals surface area contributed by atoms with E-state index in [9.17, 15) is 9.90 Å². The number of hydrogen-bond acceptors (Lipinski definition) is 5. The van der Waals surface area contributed by atoms with Crippen molar-refractivity contribution in [3.8, 4) is 11.5 Å². The van der Waals surface area contributed by atoms with Gasteiger partial charge in [-0.15, -0.1) is 11.3 Å². The van der Waals surface area contributed by atoms with Gasteiger partial charge in [0, 0.05) is 4.70 Å². The van der Waals surface area contributed by atoms with Crippen LogP contribution in [-0.4, -0.2) is 42.8 Å². The van der Waals surface area contributed by atoms with E-state index in [0.29, 0.717) is 19.4 Å². The van der Waals surface area contributed by atoms with Crippen LogP contribution in [0.2, 0.25) is 0 Å². The average Bonchev–Trinajstić information content (AvgIpc) is 3.19. The van der Waals surface area contributed by atoms with Crippen LogP contribution in [0.5, 0.6) is 11.5 Å². The topological polar surface area (TPSA) is 59.0 Å². The molecule has 3 aromatic rings. The standard InChI is InChI=1S/C24H27NO4S/c1-3-29-20-9-8-17(14-21(20)28-2)23(25-12-10-16(11-13-25)24(26)27)19-15-30-22-7-5-4-6-18(19)22/h4-9,14-16,23H,3,10-13H2,1-2H3,(H,26,27). The summed E-state index contributed by atoms with van der Waals surface area (Å²) in [5.74, 6) is 0.521. The molecule has 30 heavy (non-hydrogen) atoms. The van der Waals surface area contributed by atoms with Crippen molar-refractivity contribution < 1.29 is 19.4 Å². The first-order valence-corrected chi connectivity index (χ1v) is 11.2. The van der Waals surface area contributed by atoms with E-state index in [0.717, 1.165) is 30.2 Å². The van der Waals surface area contributed by atoms with Crippen molar-refractivity contribution in [1.82, 2.24) is 4.90 Å². The Hall–Kier alpha value is -2.57. The number of methoxy groups -OCH3 is 1. The Labute approximate surface area is 180 Å². The fourth-order valence-corrected chi connectivity index (χ4v) is 5.31. The molecule has 1 aromatic heterocycles. The van der Waals surface area contributed by atoms with Gasteiger partial charge < -0.3 is 14.6 Å². The van der Waals surface area contributed by atoms with E-state index in [2.05, 4.69) is 46.7 Å². The molecule has 0 spiro atoms. The summed E-state index contributed by atoms with van der Waals surface area (Å²) in [7, 11) is 1.66. The highest BCUT2D eigenvalue weighted by Crippen LogP contribution is 2.41. The summed E-state index contributed by atoms with van der Waals surface area (Å²) in [6.07, 6.45) is 1.34. The van der Waals surface area contributed by atoms with Crippen LogP contribution >= 0.6 is 11.3 Å². The van der Waals surface area contributed by atoms with Crippen LogP contribution in [0.4, 0.5) is 0 Å². The number of piperidine rings is 1. The number of hydrogen-bond donors (Lipinski definition) is 1. The van der Waals surface area contributed by atoms with Gasteiger partial charge in [-0.05, 0) is 72.9 Å². The zero-order chi connectivity index (χ0) is 21.1. The fraction of sp³-hybridized carbons (Fsp3) is 0.375. The molecule has 1 saturated heterocycles. The maximum Gasteiger partial charge on any atom is 0.306 e. The second-order valence-electron chi connectivity index (χ2n) is 7.58. The first-order chi connectivity index (χ1) is 14.6. The van der Waals surface area contributed by atoms with Crippen molar-refractivity contribution in [3.05, 3.63) is 59.0 Å². The molecule has 158 valence electrons. The molecule has 0 aliphatic carbocycles. The molecule has 6 heteroatoms. The molecular weight excluding hydrogens is 398 g/mol. The van der Waals surface area contributed by atoms with Gasteiger partial charge >= 0.3 is 5.97 Å². The monoisotopic (exact) mass is 425 g/mol. The summed E-state index contributed by atoms with van der Waals surface area (Å²) >= 11 is 1.75. The molecular formula is C24H27NO4S. The maximum atomic E-state index is 11.4. The van der Waals surface area contributed by atoms with Gasteiger partial charge in [0.25, 0.3) is 0 Å². The molecule has 1 unspecified atom stereocenters. The summed E-state index contributed by atoms with van der Waals surface area (Å²) in [5, 5.41) is 12.9. The van der Waals surface area contributed by atoms with Gasteiger partial charge in [-0.3, -0.25) is 9.69 Å². The largest absolute Gasteiger partial charge is 0.493 e. The van der Waals surface area contributed by atoms with E-state index in [1.165, 1.54) is 15.6 Å². The van der Waals surface area contributed by atoms with Gasteiger partial charge in [0.2, 0.25) is 0 Å². The molecule has 2 heterocycles. The lowest BCUT2D eigenvalue weighted by atomic mass is 9.91. The summed E-state index contributed by atoms with van der Waals surface area (Å²) in [4.78, 5) is 13.8. The van der Waals surface area contributed by atoms with E-state index >= 15 is 0 Å². The van der Waals surface area contributed by atoms with Gasteiger partial charge in [-0.2, -0.15) is 0 Å². The minimum Gasteiger partial charge on any atom is -0.493 e. The third-order valence-electron chi connectivity index (χ3n) is 5.85. The lowest BCUT2D eigenvalue weighted by molar-refractivity contribution is -0.143. The molecule has 0 amide bonds. The van der Waals surface area contributed by atoms with E-state index in [1.807, 2.05) is 13.0 Å². The number of carboxylic acid groups (broad SMARTS) is 1. The predicted octanol–water partition coefficient (Wildman–Crippen LogP) is 5.19. The van der Waals surface area contributed by atoms with Crippen molar-refractivity contribution in [1.29, 1.82) is 0 Å². The predicted molar refractivity (Wildman–Crippen MR) is 120 cm³/mol. The number of ether oxygens (including phenoxy) is 2. The van der Waals surface area contributed by atoms with Gasteiger partial charge in [0.05, 0.1) is 25.7 Å². The normalized spacial score (nSPS) is 16.5. The Morgan fingerprint density at radius 3 is 2.67 bits per heavy atom. The number of fused-ring (bicyclic) bond motifs is 1. The first-order valence-electron chi connectivity index (χ1n) is 10.4. The minimum absolute atomic E-state index is 0.0421. The van der Waals surface area contributed by atoms with Gasteiger partial charge in [-0.1, -0.05) is 24.3 Å². The summed E-state index contributed by atoms with van der Waals surface area (Å²) in [6.45, 7) is 4.04. The third-order valence-corrected chi connectivity index (χ3v) is 6.83. The summed E-state index contributed by atoms with van der Waals surface area (Å²) < 4.78 is 12.6. The Kier molecular flexibility index (Phi) is 6.25. The number of carboxylic acids is 1. The molecule has 1 aliphatic heterocycles. The lowest BCUT2D eigenvalue weighted by Crippen LogP contribution is -2.39. The van der Waals surface area contributed by atoms with Crippen LogP contribution in [0.1, 0.15) is 36.9 Å². The minimum atomic E-state index is -0.685. The van der Waals surface area contributed by atoms with E-state index in [-0.39, 0.29) is 12.0 Å². The summed E-state index contributed by atoms with van der Waals surface area (Å²) in [5.41, 5.74) is 2.39. The van der Waals surface area contributed by atoms with Gasteiger partial charge in [0.1, 0.15) is 0 Å². The second kappa shape index (κ2) is 9.06. The van der Waals surface area contributed by atoms with Crippen molar-refractivity contribution >= 4 is 27.4 Å². The fourth-order valence-electron chi connectivity index (χ4n) is 4.33. The first kappa shape index (κ1) is 20.7. The van der Waals surface area contributed by atoms with Crippen molar-refractivity contribution in [2.45, 2.75) is 25.8 Å². The third kappa shape index (κ3) is 4.02.